The highest BCUT2D eigenvalue weighted by molar-refractivity contribution is 14.1. The van der Waals surface area contributed by atoms with Crippen molar-refractivity contribution in [3.63, 3.8) is 0 Å². The number of halogens is 3. The van der Waals surface area contributed by atoms with E-state index in [2.05, 4.69) is 10.6 Å². The first-order valence-electron chi connectivity index (χ1n) is 12.0. The van der Waals surface area contributed by atoms with E-state index in [1.807, 2.05) is 35.6 Å². The molecule has 0 fully saturated rings. The van der Waals surface area contributed by atoms with E-state index >= 15 is 0 Å². The topological polar surface area (TPSA) is 72.4 Å². The standard InChI is InChI=1S/C29H26F2IN3O3/c1-3-25(33-2)28(36)34-27-24(32)16-26(19-7-9-20(30)10-8-19)35(29(27)37)17-18-5-4-6-23(15-18)38-22-13-11-21(31)12-14-22/h4-16,25,33H,3,17H2,1-2H3,(H,34,36). The summed E-state index contributed by atoms with van der Waals surface area (Å²) in [6.07, 6.45) is 0.557. The number of nitrogens with one attached hydrogen (secondary N) is 2. The molecule has 0 spiro atoms. The summed E-state index contributed by atoms with van der Waals surface area (Å²) in [4.78, 5) is 26.6. The quantitative estimate of drug-likeness (QED) is 0.217. The molecular formula is C29H26F2IN3O3. The number of rotatable bonds is 9. The third-order valence-corrected chi connectivity index (χ3v) is 6.85. The van der Waals surface area contributed by atoms with Crippen LogP contribution in [0.4, 0.5) is 14.5 Å². The highest BCUT2D eigenvalue weighted by atomic mass is 127. The lowest BCUT2D eigenvalue weighted by atomic mass is 10.1. The molecule has 4 rings (SSSR count). The molecular weight excluding hydrogens is 603 g/mol. The number of amides is 1. The van der Waals surface area contributed by atoms with Gasteiger partial charge in [-0.15, -0.1) is 0 Å². The number of benzene rings is 3. The van der Waals surface area contributed by atoms with Crippen molar-refractivity contribution in [2.45, 2.75) is 25.9 Å². The molecule has 6 nitrogen and oxygen atoms in total. The molecule has 0 aliphatic rings. The van der Waals surface area contributed by atoms with E-state index in [1.165, 1.54) is 36.4 Å². The molecule has 0 saturated carbocycles. The smallest absolute Gasteiger partial charge is 0.276 e. The van der Waals surface area contributed by atoms with Crippen molar-refractivity contribution >= 4 is 34.2 Å². The van der Waals surface area contributed by atoms with Crippen molar-refractivity contribution in [2.75, 3.05) is 12.4 Å². The molecule has 0 saturated heterocycles. The van der Waals surface area contributed by atoms with Crippen molar-refractivity contribution in [3.8, 4) is 22.8 Å². The number of likely N-dealkylation sites (N-methyl/N-ethyl adjacent to an activating group) is 1. The molecule has 196 valence electrons. The van der Waals surface area contributed by atoms with E-state index < -0.39 is 6.04 Å². The Morgan fingerprint density at radius 2 is 1.63 bits per heavy atom. The lowest BCUT2D eigenvalue weighted by Gasteiger charge is -2.19. The van der Waals surface area contributed by atoms with Crippen LogP contribution in [0.1, 0.15) is 18.9 Å². The lowest BCUT2D eigenvalue weighted by Crippen LogP contribution is -2.40. The van der Waals surface area contributed by atoms with Gasteiger partial charge in [0.05, 0.1) is 18.3 Å². The number of nitrogens with zero attached hydrogens (tertiary/aromatic N) is 1. The zero-order chi connectivity index (χ0) is 27.2. The fraction of sp³-hybridized carbons (Fsp3) is 0.172. The second kappa shape index (κ2) is 12.3. The molecule has 0 aliphatic heterocycles. The fourth-order valence-corrected chi connectivity index (χ4v) is 4.67. The van der Waals surface area contributed by atoms with E-state index in [0.29, 0.717) is 32.7 Å². The summed E-state index contributed by atoms with van der Waals surface area (Å²) in [6, 6.07) is 20.1. The SMILES string of the molecule is CCC(NC)C(=O)Nc1c(I)cc(-c2ccc(F)cc2)n(Cc2cccc(Oc3ccc(F)cc3)c2)c1=O. The first-order chi connectivity index (χ1) is 18.3. The number of carbonyl (C=O) groups excluding carboxylic acids is 1. The molecule has 4 aromatic rings. The van der Waals surface area contributed by atoms with Gasteiger partial charge in [0.1, 0.15) is 28.8 Å². The number of anilines is 1. The van der Waals surface area contributed by atoms with Gasteiger partial charge >= 0.3 is 0 Å². The minimum Gasteiger partial charge on any atom is -0.457 e. The first kappa shape index (κ1) is 27.5. The maximum Gasteiger partial charge on any atom is 0.276 e. The predicted octanol–water partition coefficient (Wildman–Crippen LogP) is 6.18. The molecule has 1 aromatic heterocycles. The van der Waals surface area contributed by atoms with E-state index in [0.717, 1.165) is 5.56 Å². The van der Waals surface area contributed by atoms with Gasteiger partial charge < -0.3 is 19.9 Å². The molecule has 38 heavy (non-hydrogen) atoms. The molecule has 1 amide bonds. The highest BCUT2D eigenvalue weighted by Gasteiger charge is 2.21. The maximum atomic E-state index is 13.8. The normalized spacial score (nSPS) is 11.7. The van der Waals surface area contributed by atoms with Crippen LogP contribution in [-0.4, -0.2) is 23.6 Å². The Hall–Kier alpha value is -3.57. The molecule has 3 aromatic carbocycles. The van der Waals surface area contributed by atoms with Crippen LogP contribution in [0.3, 0.4) is 0 Å². The zero-order valence-electron chi connectivity index (χ0n) is 20.8. The molecule has 0 radical (unpaired) electrons. The number of carbonyl (C=O) groups is 1. The fourth-order valence-electron chi connectivity index (χ4n) is 4.01. The summed E-state index contributed by atoms with van der Waals surface area (Å²) in [5, 5.41) is 5.73. The van der Waals surface area contributed by atoms with Crippen molar-refractivity contribution in [1.29, 1.82) is 0 Å². The Morgan fingerprint density at radius 1 is 0.974 bits per heavy atom. The second-order valence-corrected chi connectivity index (χ2v) is 9.76. The second-order valence-electron chi connectivity index (χ2n) is 8.59. The average molecular weight is 629 g/mol. The number of aromatic nitrogens is 1. The largest absolute Gasteiger partial charge is 0.457 e. The third-order valence-electron chi connectivity index (χ3n) is 6.00. The monoisotopic (exact) mass is 629 g/mol. The van der Waals surface area contributed by atoms with Crippen LogP contribution in [0.5, 0.6) is 11.5 Å². The van der Waals surface area contributed by atoms with Crippen molar-refractivity contribution in [2.24, 2.45) is 0 Å². The van der Waals surface area contributed by atoms with E-state index in [1.54, 1.807) is 48.0 Å². The van der Waals surface area contributed by atoms with Crippen LogP contribution in [0.15, 0.2) is 83.7 Å². The molecule has 2 N–H and O–H groups in total. The third kappa shape index (κ3) is 6.46. The summed E-state index contributed by atoms with van der Waals surface area (Å²) >= 11 is 2.02. The minimum atomic E-state index is -0.448. The Balaban J connectivity index is 1.75. The van der Waals surface area contributed by atoms with E-state index in [4.69, 9.17) is 4.74 Å². The maximum absolute atomic E-state index is 13.8. The predicted molar refractivity (Wildman–Crippen MR) is 153 cm³/mol. The highest BCUT2D eigenvalue weighted by Crippen LogP contribution is 2.27. The van der Waals surface area contributed by atoms with Gasteiger partial charge in [-0.05, 0) is 114 Å². The minimum absolute atomic E-state index is 0.162. The summed E-state index contributed by atoms with van der Waals surface area (Å²) in [5.74, 6) is -0.0583. The molecule has 0 bridgehead atoms. The van der Waals surface area contributed by atoms with Crippen LogP contribution >= 0.6 is 22.6 Å². The van der Waals surface area contributed by atoms with E-state index in [-0.39, 0.29) is 35.3 Å². The first-order valence-corrected chi connectivity index (χ1v) is 13.1. The van der Waals surface area contributed by atoms with Gasteiger partial charge in [-0.1, -0.05) is 19.1 Å². The van der Waals surface area contributed by atoms with Gasteiger partial charge in [-0.2, -0.15) is 0 Å². The molecule has 1 heterocycles. The number of pyridine rings is 1. The molecule has 1 atom stereocenters. The van der Waals surface area contributed by atoms with Crippen LogP contribution in [-0.2, 0) is 11.3 Å². The Morgan fingerprint density at radius 3 is 2.26 bits per heavy atom. The number of ether oxygens (including phenoxy) is 1. The number of hydrogen-bond acceptors (Lipinski definition) is 4. The zero-order valence-corrected chi connectivity index (χ0v) is 23.0. The Labute approximate surface area is 232 Å². The Bertz CT molecular complexity index is 1480. The van der Waals surface area contributed by atoms with Crippen molar-refractivity contribution in [1.82, 2.24) is 9.88 Å². The van der Waals surface area contributed by atoms with E-state index in [9.17, 15) is 18.4 Å². The number of hydrogen-bond donors (Lipinski definition) is 2. The van der Waals surface area contributed by atoms with Gasteiger partial charge in [-0.3, -0.25) is 9.59 Å². The van der Waals surface area contributed by atoms with Crippen LogP contribution < -0.4 is 20.9 Å². The van der Waals surface area contributed by atoms with Gasteiger partial charge in [-0.25, -0.2) is 8.78 Å². The lowest BCUT2D eigenvalue weighted by molar-refractivity contribution is -0.118. The summed E-state index contributed by atoms with van der Waals surface area (Å²) in [6.45, 7) is 2.04. The van der Waals surface area contributed by atoms with Crippen molar-refractivity contribution in [3.05, 3.63) is 110 Å². The summed E-state index contributed by atoms with van der Waals surface area (Å²) in [5.41, 5.74) is 1.77. The van der Waals surface area contributed by atoms with Crippen molar-refractivity contribution < 1.29 is 18.3 Å². The summed E-state index contributed by atoms with van der Waals surface area (Å²) in [7, 11) is 1.69. The molecule has 0 aliphatic carbocycles. The van der Waals surface area contributed by atoms with Gasteiger partial charge in [0.25, 0.3) is 5.56 Å². The van der Waals surface area contributed by atoms with Crippen LogP contribution in [0.25, 0.3) is 11.3 Å². The molecule has 9 heteroatoms. The molecule has 1 unspecified atom stereocenters. The van der Waals surface area contributed by atoms with Crippen LogP contribution in [0.2, 0.25) is 0 Å². The average Bonchev–Trinajstić information content (AvgIpc) is 2.91. The van der Waals surface area contributed by atoms with Gasteiger partial charge in [0, 0.05) is 3.57 Å². The van der Waals surface area contributed by atoms with Gasteiger partial charge in [0.2, 0.25) is 5.91 Å². The summed E-state index contributed by atoms with van der Waals surface area (Å²) < 4.78 is 34.9. The van der Waals surface area contributed by atoms with Crippen LogP contribution in [0, 0.1) is 15.2 Å². The Kier molecular flexibility index (Phi) is 8.90. The van der Waals surface area contributed by atoms with Gasteiger partial charge in [0.15, 0.2) is 0 Å².